The van der Waals surface area contributed by atoms with E-state index in [9.17, 15) is 4.79 Å². The van der Waals surface area contributed by atoms with Gasteiger partial charge >= 0.3 is 0 Å². The number of piperazine rings is 1. The van der Waals surface area contributed by atoms with Crippen molar-refractivity contribution in [2.45, 2.75) is 18.9 Å². The van der Waals surface area contributed by atoms with Crippen LogP contribution in [0, 0.1) is 0 Å². The van der Waals surface area contributed by atoms with Crippen LogP contribution in [0.3, 0.4) is 0 Å². The van der Waals surface area contributed by atoms with Crippen LogP contribution in [0.4, 0.5) is 5.69 Å². The Morgan fingerprint density at radius 2 is 2.29 bits per heavy atom. The molecule has 114 valence electrons. The number of amides is 1. The van der Waals surface area contributed by atoms with Gasteiger partial charge in [0.15, 0.2) is 0 Å². The molecule has 0 aliphatic carbocycles. The van der Waals surface area contributed by atoms with Crippen LogP contribution in [-0.4, -0.2) is 61.6 Å². The van der Waals surface area contributed by atoms with Gasteiger partial charge in [-0.1, -0.05) is 6.07 Å². The molecule has 0 aromatic heterocycles. The molecule has 0 spiro atoms. The molecule has 2 saturated heterocycles. The molecule has 0 radical (unpaired) electrons. The number of ether oxygens (including phenoxy) is 1. The van der Waals surface area contributed by atoms with E-state index in [2.05, 4.69) is 15.1 Å². The third-order valence-corrected chi connectivity index (χ3v) is 4.39. The highest BCUT2D eigenvalue weighted by atomic mass is 16.5. The number of carbonyl (C=O) groups is 1. The number of nitrogens with zero attached hydrogens (tertiary/aromatic N) is 2. The van der Waals surface area contributed by atoms with E-state index in [1.165, 1.54) is 19.4 Å². The molecule has 1 aromatic rings. The van der Waals surface area contributed by atoms with Crippen molar-refractivity contribution in [3.8, 4) is 5.75 Å². The van der Waals surface area contributed by atoms with Crippen molar-refractivity contribution >= 4 is 11.6 Å². The van der Waals surface area contributed by atoms with Gasteiger partial charge in [0.1, 0.15) is 5.75 Å². The quantitative estimate of drug-likeness (QED) is 0.910. The lowest BCUT2D eigenvalue weighted by molar-refractivity contribution is -0.117. The molecule has 0 saturated carbocycles. The fraction of sp³-hybridized carbons (Fsp3) is 0.562. The number of methoxy groups -OCH3 is 1. The minimum absolute atomic E-state index is 0.0506. The molecule has 3 rings (SSSR count). The second-order valence-corrected chi connectivity index (χ2v) is 5.85. The van der Waals surface area contributed by atoms with Crippen molar-refractivity contribution in [2.24, 2.45) is 0 Å². The zero-order chi connectivity index (χ0) is 14.7. The average Bonchev–Trinajstić information content (AvgIpc) is 2.95. The molecule has 21 heavy (non-hydrogen) atoms. The Balaban J connectivity index is 1.51. The van der Waals surface area contributed by atoms with Crippen LogP contribution in [0.25, 0.3) is 0 Å². The van der Waals surface area contributed by atoms with Gasteiger partial charge in [-0.15, -0.1) is 0 Å². The maximum atomic E-state index is 12.2. The normalized spacial score (nSPS) is 22.8. The maximum absolute atomic E-state index is 12.2. The van der Waals surface area contributed by atoms with Gasteiger partial charge in [0.25, 0.3) is 0 Å². The van der Waals surface area contributed by atoms with Crippen molar-refractivity contribution in [1.82, 2.24) is 9.80 Å². The monoisotopic (exact) mass is 289 g/mol. The summed E-state index contributed by atoms with van der Waals surface area (Å²) >= 11 is 0. The fourth-order valence-corrected chi connectivity index (χ4v) is 3.30. The van der Waals surface area contributed by atoms with E-state index in [1.807, 2.05) is 24.3 Å². The Morgan fingerprint density at radius 3 is 3.14 bits per heavy atom. The molecule has 5 nitrogen and oxygen atoms in total. The number of nitrogens with one attached hydrogen (secondary N) is 1. The second-order valence-electron chi connectivity index (χ2n) is 5.85. The molecule has 1 N–H and O–H groups in total. The van der Waals surface area contributed by atoms with E-state index in [0.717, 1.165) is 31.1 Å². The number of rotatable bonds is 4. The molecular formula is C16H23N3O2. The minimum atomic E-state index is 0.0506. The molecule has 5 heteroatoms. The number of benzene rings is 1. The maximum Gasteiger partial charge on any atom is 0.238 e. The number of carbonyl (C=O) groups excluding carboxylic acids is 1. The molecule has 0 unspecified atom stereocenters. The highest BCUT2D eigenvalue weighted by molar-refractivity contribution is 5.92. The van der Waals surface area contributed by atoms with Gasteiger partial charge < -0.3 is 10.1 Å². The Hall–Kier alpha value is -1.59. The van der Waals surface area contributed by atoms with Crippen LogP contribution >= 0.6 is 0 Å². The van der Waals surface area contributed by atoms with E-state index >= 15 is 0 Å². The molecule has 1 aromatic carbocycles. The highest BCUT2D eigenvalue weighted by Gasteiger charge is 2.30. The summed E-state index contributed by atoms with van der Waals surface area (Å²) in [5.41, 5.74) is 0.791. The number of hydrogen-bond acceptors (Lipinski definition) is 4. The predicted octanol–water partition coefficient (Wildman–Crippen LogP) is 1.41. The van der Waals surface area contributed by atoms with Gasteiger partial charge in [0, 0.05) is 37.4 Å². The van der Waals surface area contributed by atoms with Crippen LogP contribution in [0.5, 0.6) is 5.75 Å². The van der Waals surface area contributed by atoms with Crippen LogP contribution in [0.1, 0.15) is 12.8 Å². The summed E-state index contributed by atoms with van der Waals surface area (Å²) in [6, 6.07) is 8.13. The lowest BCUT2D eigenvalue weighted by Gasteiger charge is -2.37. The van der Waals surface area contributed by atoms with Crippen molar-refractivity contribution in [1.29, 1.82) is 0 Å². The Kier molecular flexibility index (Phi) is 4.41. The molecule has 1 amide bonds. The number of fused-ring (bicyclic) bond motifs is 1. The third-order valence-electron chi connectivity index (χ3n) is 4.39. The summed E-state index contributed by atoms with van der Waals surface area (Å²) in [6.45, 7) is 4.81. The Labute approximate surface area is 125 Å². The highest BCUT2D eigenvalue weighted by Crippen LogP contribution is 2.21. The Morgan fingerprint density at radius 1 is 1.38 bits per heavy atom. The second kappa shape index (κ2) is 6.45. The molecule has 2 aliphatic rings. The first-order valence-electron chi connectivity index (χ1n) is 7.65. The van der Waals surface area contributed by atoms with E-state index in [1.54, 1.807) is 7.11 Å². The Bertz CT molecular complexity index is 506. The van der Waals surface area contributed by atoms with Gasteiger partial charge in [0.2, 0.25) is 5.91 Å². The van der Waals surface area contributed by atoms with E-state index in [-0.39, 0.29) is 5.91 Å². The smallest absolute Gasteiger partial charge is 0.238 e. The summed E-state index contributed by atoms with van der Waals surface area (Å²) in [5, 5.41) is 2.95. The first kappa shape index (κ1) is 14.4. The van der Waals surface area contributed by atoms with Crippen LogP contribution in [0.15, 0.2) is 24.3 Å². The van der Waals surface area contributed by atoms with Gasteiger partial charge in [0.05, 0.1) is 13.7 Å². The van der Waals surface area contributed by atoms with Gasteiger partial charge in [-0.05, 0) is 31.5 Å². The van der Waals surface area contributed by atoms with Crippen molar-refractivity contribution in [2.75, 3.05) is 45.2 Å². The van der Waals surface area contributed by atoms with Crippen molar-refractivity contribution in [3.63, 3.8) is 0 Å². The summed E-state index contributed by atoms with van der Waals surface area (Å²) < 4.78 is 5.17. The molecule has 2 fully saturated rings. The lowest BCUT2D eigenvalue weighted by atomic mass is 10.1. The largest absolute Gasteiger partial charge is 0.497 e. The minimum Gasteiger partial charge on any atom is -0.497 e. The van der Waals surface area contributed by atoms with Gasteiger partial charge in [-0.3, -0.25) is 14.6 Å². The zero-order valence-electron chi connectivity index (χ0n) is 12.5. The lowest BCUT2D eigenvalue weighted by Crippen LogP contribution is -2.51. The number of anilines is 1. The molecule has 2 aliphatic heterocycles. The van der Waals surface area contributed by atoms with Crippen LogP contribution in [0.2, 0.25) is 0 Å². The fourth-order valence-electron chi connectivity index (χ4n) is 3.30. The van der Waals surface area contributed by atoms with Gasteiger partial charge in [-0.2, -0.15) is 0 Å². The summed E-state index contributed by atoms with van der Waals surface area (Å²) in [7, 11) is 1.63. The third kappa shape index (κ3) is 3.54. The summed E-state index contributed by atoms with van der Waals surface area (Å²) in [4.78, 5) is 17.0. The predicted molar refractivity (Wildman–Crippen MR) is 82.7 cm³/mol. The summed E-state index contributed by atoms with van der Waals surface area (Å²) in [6.07, 6.45) is 2.57. The average molecular weight is 289 g/mol. The first-order valence-corrected chi connectivity index (χ1v) is 7.65. The number of hydrogen-bond donors (Lipinski definition) is 1. The van der Waals surface area contributed by atoms with Crippen molar-refractivity contribution in [3.05, 3.63) is 24.3 Å². The van der Waals surface area contributed by atoms with Crippen molar-refractivity contribution < 1.29 is 9.53 Å². The SMILES string of the molecule is COc1cccc(NC(=O)CN2CCN3CCC[C@@H]3C2)c1. The van der Waals surface area contributed by atoms with E-state index < -0.39 is 0 Å². The molecule has 2 heterocycles. The topological polar surface area (TPSA) is 44.8 Å². The standard InChI is InChI=1S/C16H23N3O2/c1-21-15-6-2-4-13(10-15)17-16(20)12-18-8-9-19-7-3-5-14(19)11-18/h2,4,6,10,14H,3,5,7-9,11-12H2,1H3,(H,17,20)/t14-/m1/s1. The van der Waals surface area contributed by atoms with Crippen LogP contribution < -0.4 is 10.1 Å². The summed E-state index contributed by atoms with van der Waals surface area (Å²) in [5.74, 6) is 0.807. The molecule has 0 bridgehead atoms. The van der Waals surface area contributed by atoms with Gasteiger partial charge in [-0.25, -0.2) is 0 Å². The molecule has 1 atom stereocenters. The van der Waals surface area contributed by atoms with E-state index in [0.29, 0.717) is 12.6 Å². The van der Waals surface area contributed by atoms with Crippen LogP contribution in [-0.2, 0) is 4.79 Å². The first-order chi connectivity index (χ1) is 10.2. The molecular weight excluding hydrogens is 266 g/mol. The van der Waals surface area contributed by atoms with E-state index in [4.69, 9.17) is 4.74 Å². The zero-order valence-corrected chi connectivity index (χ0v) is 12.5.